The molecule has 4 aliphatic rings. The summed E-state index contributed by atoms with van der Waals surface area (Å²) < 4.78 is 12.1. The van der Waals surface area contributed by atoms with Crippen molar-refractivity contribution in [2.75, 3.05) is 31.3 Å². The lowest BCUT2D eigenvalue weighted by atomic mass is 9.77. The van der Waals surface area contributed by atoms with Crippen LogP contribution in [0.3, 0.4) is 0 Å². The molecule has 4 heterocycles. The molecular weight excluding hydrogens is 1210 g/mol. The molecule has 0 aromatic heterocycles. The molecule has 28 nitrogen and oxygen atoms in total. The van der Waals surface area contributed by atoms with E-state index in [1.54, 1.807) is 13.8 Å². The smallest absolute Gasteiger partial charge is 0.340 e. The molecule has 0 saturated carbocycles. The van der Waals surface area contributed by atoms with E-state index < -0.39 is 131 Å². The van der Waals surface area contributed by atoms with Gasteiger partial charge >= 0.3 is 5.97 Å². The third kappa shape index (κ3) is 15.3. The van der Waals surface area contributed by atoms with Crippen molar-refractivity contribution in [2.45, 2.75) is 120 Å². The van der Waals surface area contributed by atoms with Gasteiger partial charge in [0.1, 0.15) is 71.0 Å². The topological polar surface area (TPSA) is 439 Å². The Hall–Kier alpha value is -9.13. The van der Waals surface area contributed by atoms with Gasteiger partial charge in [0.15, 0.2) is 5.60 Å². The minimum absolute atomic E-state index is 0.00167. The summed E-state index contributed by atoms with van der Waals surface area (Å²) in [5, 5.41) is 62.2. The van der Waals surface area contributed by atoms with Crippen LogP contribution in [0.25, 0.3) is 0 Å². The number of likely N-dealkylation sites (tertiary alicyclic amines) is 1. The number of hydrogen-bond donors (Lipinski definition) is 14. The van der Waals surface area contributed by atoms with E-state index in [1.165, 1.54) is 90.7 Å². The fourth-order valence-electron chi connectivity index (χ4n) is 10.9. The number of nitrogens with zero attached hydrogens (tertiary/aromatic N) is 1. The highest BCUT2D eigenvalue weighted by Crippen LogP contribution is 2.57. The lowest BCUT2D eigenvalue weighted by molar-refractivity contribution is -0.142. The summed E-state index contributed by atoms with van der Waals surface area (Å²) in [6, 6.07) is 8.04. The van der Waals surface area contributed by atoms with Crippen molar-refractivity contribution in [3.8, 4) is 28.7 Å². The standard InChI is InChI=1S/C60H71N11O17S2/c1-4-29(2)48-55(82)70-49(30(3)72)56(83)66-41(26-46(62)76)53(80)67-42(27-90-89-22-19-47(77)68-50(57(84)69-48)31-9-12-33(73)13-10-31)58(85)71-21-6-8-43(71)54(81)65-40(52(79)64-28-61)7-5-20-63-51(78)32-11-16-36-39(23-32)60(88-59(36)86)37-17-14-34(74)24-44(37)87-45-25-35(75)15-18-38(45)60/h9-18,23-25,29-30,40-43,48-50,72-75H,4-8,19-22,26-28,61H2,1-3H3,(H2,62,76)(H,63,78)(H,64,79)(H,65,81)(H,66,83)(H,67,80)(H,68,77)(H,69,84)(H,70,82)/t29-,30+,40+,41-,42-,43-,48-,49-,50+/m1/s1. The summed E-state index contributed by atoms with van der Waals surface area (Å²) in [5.41, 5.74) is 11.1. The van der Waals surface area contributed by atoms with Crippen molar-refractivity contribution in [1.82, 2.24) is 47.4 Å². The first kappa shape index (κ1) is 66.8. The van der Waals surface area contributed by atoms with Crippen molar-refractivity contribution >= 4 is 86.6 Å². The van der Waals surface area contributed by atoms with Crippen LogP contribution in [0.15, 0.2) is 78.9 Å². The van der Waals surface area contributed by atoms with Crippen molar-refractivity contribution in [3.63, 3.8) is 0 Å². The summed E-state index contributed by atoms with van der Waals surface area (Å²) in [5.74, 6) is -10.0. The highest BCUT2D eigenvalue weighted by Gasteiger charge is 2.54. The van der Waals surface area contributed by atoms with Gasteiger partial charge in [-0.25, -0.2) is 4.79 Å². The Kier molecular flexibility index (Phi) is 21.9. The van der Waals surface area contributed by atoms with Crippen LogP contribution in [-0.4, -0.2) is 164 Å². The number of primary amides is 1. The van der Waals surface area contributed by atoms with Gasteiger partial charge in [0.2, 0.25) is 53.2 Å². The van der Waals surface area contributed by atoms with Gasteiger partial charge < -0.3 is 88.8 Å². The second kappa shape index (κ2) is 29.5. The molecule has 9 atom stereocenters. The van der Waals surface area contributed by atoms with Gasteiger partial charge in [-0.3, -0.25) is 47.9 Å². The van der Waals surface area contributed by atoms with Crippen LogP contribution >= 0.6 is 21.6 Å². The molecule has 90 heavy (non-hydrogen) atoms. The first-order chi connectivity index (χ1) is 42.9. The zero-order chi connectivity index (χ0) is 65.1. The molecule has 4 aromatic carbocycles. The van der Waals surface area contributed by atoms with E-state index >= 15 is 0 Å². The predicted molar refractivity (Wildman–Crippen MR) is 325 cm³/mol. The van der Waals surface area contributed by atoms with Gasteiger partial charge in [-0.2, -0.15) is 0 Å². The molecule has 2 saturated heterocycles. The number of carbonyl (C=O) groups is 11. The van der Waals surface area contributed by atoms with Gasteiger partial charge in [-0.15, -0.1) is 0 Å². The van der Waals surface area contributed by atoms with E-state index in [2.05, 4.69) is 42.5 Å². The summed E-state index contributed by atoms with van der Waals surface area (Å²) in [6.07, 6.45) is -1.86. The number of rotatable bonds is 16. The molecule has 0 unspecified atom stereocenters. The fraction of sp³-hybridized carbons (Fsp3) is 0.417. The molecule has 4 aliphatic heterocycles. The van der Waals surface area contributed by atoms with Crippen LogP contribution in [0, 0.1) is 5.92 Å². The quantitative estimate of drug-likeness (QED) is 0.0310. The molecule has 4 aromatic rings. The van der Waals surface area contributed by atoms with Gasteiger partial charge in [0, 0.05) is 65.4 Å². The average molecular weight is 1280 g/mol. The van der Waals surface area contributed by atoms with Crippen LogP contribution in [0.4, 0.5) is 0 Å². The second-order valence-corrected chi connectivity index (χ2v) is 24.7. The van der Waals surface area contributed by atoms with Crippen molar-refractivity contribution in [3.05, 3.63) is 112 Å². The van der Waals surface area contributed by atoms with Crippen molar-refractivity contribution in [1.29, 1.82) is 0 Å². The summed E-state index contributed by atoms with van der Waals surface area (Å²) in [6.45, 7) is 4.21. The monoisotopic (exact) mass is 1280 g/mol. The molecule has 1 spiro atoms. The number of aliphatic hydroxyl groups is 1. The predicted octanol–water partition coefficient (Wildman–Crippen LogP) is 0.274. The number of aromatic hydroxyl groups is 3. The maximum absolute atomic E-state index is 14.8. The number of amides is 10. The van der Waals surface area contributed by atoms with Gasteiger partial charge in [0.25, 0.3) is 5.91 Å². The molecule has 0 aliphatic carbocycles. The zero-order valence-corrected chi connectivity index (χ0v) is 50.8. The second-order valence-electron chi connectivity index (χ2n) is 22.0. The molecule has 0 radical (unpaired) electrons. The fourth-order valence-corrected chi connectivity index (χ4v) is 13.1. The maximum Gasteiger partial charge on any atom is 0.340 e. The molecule has 8 rings (SSSR count). The van der Waals surface area contributed by atoms with Crippen LogP contribution in [0.2, 0.25) is 0 Å². The van der Waals surface area contributed by atoms with E-state index in [0.29, 0.717) is 29.5 Å². The van der Waals surface area contributed by atoms with Crippen LogP contribution in [-0.2, 0) is 53.5 Å². The van der Waals surface area contributed by atoms with E-state index in [0.717, 1.165) is 21.6 Å². The van der Waals surface area contributed by atoms with E-state index in [1.807, 2.05) is 0 Å². The van der Waals surface area contributed by atoms with Crippen molar-refractivity contribution in [2.24, 2.45) is 17.4 Å². The van der Waals surface area contributed by atoms with E-state index in [9.17, 15) is 73.2 Å². The number of nitrogens with two attached hydrogens (primary N) is 2. The van der Waals surface area contributed by atoms with Crippen molar-refractivity contribution < 1.29 is 82.6 Å². The molecule has 2 fully saturated rings. The Bertz CT molecular complexity index is 3390. The molecule has 16 N–H and O–H groups in total. The van der Waals surface area contributed by atoms with E-state index in [-0.39, 0.29) is 102 Å². The Labute approximate surface area is 523 Å². The number of esters is 1. The van der Waals surface area contributed by atoms with Crippen LogP contribution in [0.1, 0.15) is 115 Å². The molecule has 10 amide bonds. The first-order valence-electron chi connectivity index (χ1n) is 29.0. The number of ether oxygens (including phenoxy) is 2. The molecular formula is C60H71N11O17S2. The average Bonchev–Trinajstić information content (AvgIpc) is 1.73. The lowest BCUT2D eigenvalue weighted by Gasteiger charge is -2.36. The Morgan fingerprint density at radius 1 is 0.767 bits per heavy atom. The number of phenols is 3. The van der Waals surface area contributed by atoms with Gasteiger partial charge in [0.05, 0.1) is 24.8 Å². The zero-order valence-electron chi connectivity index (χ0n) is 49.2. The lowest BCUT2D eigenvalue weighted by Crippen LogP contribution is -2.62. The minimum Gasteiger partial charge on any atom is -0.508 e. The van der Waals surface area contributed by atoms with Crippen LogP contribution in [0.5, 0.6) is 28.7 Å². The SMILES string of the molecule is CC[C@@H](C)[C@H]1NC(=O)[C@H](c2ccc(O)cc2)NC(=O)CCSSC[C@H](C(=O)N2CCC[C@@H]2C(=O)N[C@@H](CCCNC(=O)c2ccc3c(c2)C2(OC3=O)c3ccc(O)cc3Oc3cc(O)ccc32)C(=O)NCN)NC(=O)[C@@H](CC(N)=O)NC(=O)[C@@H]([C@H](C)O)NC1=O. The largest absolute Gasteiger partial charge is 0.508 e. The van der Waals surface area contributed by atoms with Crippen LogP contribution < -0.4 is 58.7 Å². The number of benzene rings is 4. The number of aliphatic hydroxyl groups excluding tert-OH is 1. The third-order valence-corrected chi connectivity index (χ3v) is 18.2. The third-order valence-electron chi connectivity index (χ3n) is 15.8. The number of carbonyl (C=O) groups excluding carboxylic acids is 11. The number of phenolic OH excluding ortho intramolecular Hbond substituents is 3. The minimum atomic E-state index is -1.80. The van der Waals surface area contributed by atoms with E-state index in [4.69, 9.17) is 20.9 Å². The highest BCUT2D eigenvalue weighted by atomic mass is 33.1. The Morgan fingerprint density at radius 3 is 2.07 bits per heavy atom. The maximum atomic E-state index is 14.8. The normalized spacial score (nSPS) is 22.2. The first-order valence-corrected chi connectivity index (χ1v) is 31.5. The summed E-state index contributed by atoms with van der Waals surface area (Å²) in [4.78, 5) is 154. The number of fused-ring (bicyclic) bond motifs is 6. The number of nitrogens with one attached hydrogen (secondary N) is 8. The molecule has 0 bridgehead atoms. The summed E-state index contributed by atoms with van der Waals surface area (Å²) >= 11 is 0. The Balaban J connectivity index is 0.970. The molecule has 480 valence electrons. The van der Waals surface area contributed by atoms with Gasteiger partial charge in [-0.1, -0.05) is 54.0 Å². The van der Waals surface area contributed by atoms with Gasteiger partial charge in [-0.05, 0) is 98.7 Å². The Morgan fingerprint density at radius 2 is 1.42 bits per heavy atom. The molecule has 30 heteroatoms. The number of hydrogen-bond acceptors (Lipinski definition) is 20. The summed E-state index contributed by atoms with van der Waals surface area (Å²) in [7, 11) is 2.16. The highest BCUT2D eigenvalue weighted by molar-refractivity contribution is 8.76.